The Bertz CT molecular complexity index is 814. The van der Waals surface area contributed by atoms with Crippen LogP contribution < -0.4 is 5.32 Å². The van der Waals surface area contributed by atoms with Gasteiger partial charge in [-0.1, -0.05) is 24.3 Å². The third kappa shape index (κ3) is 5.06. The van der Waals surface area contributed by atoms with E-state index in [-0.39, 0.29) is 23.5 Å². The number of para-hydroxylation sites is 1. The first kappa shape index (κ1) is 18.9. The number of amides is 2. The number of phenolic OH excluding ortho intramolecular Hbond substituents is 1. The van der Waals surface area contributed by atoms with E-state index in [1.165, 1.54) is 0 Å². The number of hydrogen-bond donors (Lipinski definition) is 2. The number of anilines is 1. The summed E-state index contributed by atoms with van der Waals surface area (Å²) in [5.74, 6) is 0.730. The molecule has 0 spiro atoms. The van der Waals surface area contributed by atoms with E-state index >= 15 is 0 Å². The molecule has 2 amide bonds. The first-order valence-corrected chi connectivity index (χ1v) is 9.32. The van der Waals surface area contributed by atoms with Crippen molar-refractivity contribution < 1.29 is 14.7 Å². The second kappa shape index (κ2) is 8.66. The molecule has 1 aliphatic heterocycles. The minimum atomic E-state index is -0.102. The highest BCUT2D eigenvalue weighted by molar-refractivity contribution is 5.91. The van der Waals surface area contributed by atoms with E-state index in [4.69, 9.17) is 0 Å². The molecule has 27 heavy (non-hydrogen) atoms. The van der Waals surface area contributed by atoms with Crippen molar-refractivity contribution in [2.24, 2.45) is 5.92 Å². The van der Waals surface area contributed by atoms with Crippen LogP contribution in [0.3, 0.4) is 0 Å². The van der Waals surface area contributed by atoms with Gasteiger partial charge in [-0.2, -0.15) is 0 Å². The Kier molecular flexibility index (Phi) is 6.06. The smallest absolute Gasteiger partial charge is 0.228 e. The molecular formula is C21H25N3O3. The largest absolute Gasteiger partial charge is 0.508 e. The first-order chi connectivity index (χ1) is 13.0. The summed E-state index contributed by atoms with van der Waals surface area (Å²) >= 11 is 0. The summed E-state index contributed by atoms with van der Waals surface area (Å²) in [4.78, 5) is 31.0. The molecule has 1 aromatic carbocycles. The average Bonchev–Trinajstić information content (AvgIpc) is 2.67. The topological polar surface area (TPSA) is 82.5 Å². The van der Waals surface area contributed by atoms with Gasteiger partial charge in [-0.25, -0.2) is 4.98 Å². The van der Waals surface area contributed by atoms with Crippen LogP contribution in [-0.2, 0) is 16.0 Å². The van der Waals surface area contributed by atoms with E-state index in [1.54, 1.807) is 18.2 Å². The summed E-state index contributed by atoms with van der Waals surface area (Å²) in [6.07, 6.45) is 2.19. The zero-order valence-corrected chi connectivity index (χ0v) is 15.5. The van der Waals surface area contributed by atoms with Gasteiger partial charge >= 0.3 is 0 Å². The number of nitrogens with one attached hydrogen (secondary N) is 1. The number of piperidine rings is 1. The number of nitrogens with zero attached hydrogens (tertiary/aromatic N) is 2. The SMILES string of the molecule is Cc1cccc(NC(=O)C2CCN(C(=O)CCc3ccccc3O)CC2)n1. The van der Waals surface area contributed by atoms with E-state index in [2.05, 4.69) is 10.3 Å². The molecule has 3 rings (SSSR count). The lowest BCUT2D eigenvalue weighted by molar-refractivity contribution is -0.134. The average molecular weight is 367 g/mol. The summed E-state index contributed by atoms with van der Waals surface area (Å²) in [6.45, 7) is 3.05. The van der Waals surface area contributed by atoms with Crippen molar-refractivity contribution in [1.82, 2.24) is 9.88 Å². The van der Waals surface area contributed by atoms with Gasteiger partial charge in [0.15, 0.2) is 0 Å². The van der Waals surface area contributed by atoms with Gasteiger partial charge in [0.05, 0.1) is 0 Å². The first-order valence-electron chi connectivity index (χ1n) is 9.32. The van der Waals surface area contributed by atoms with E-state index in [0.29, 0.717) is 44.6 Å². The van der Waals surface area contributed by atoms with Gasteiger partial charge in [0.2, 0.25) is 11.8 Å². The predicted octanol–water partition coefficient (Wildman–Crippen LogP) is 2.91. The summed E-state index contributed by atoms with van der Waals surface area (Å²) in [5.41, 5.74) is 1.64. The number of aromatic hydroxyl groups is 1. The molecule has 6 heteroatoms. The maximum atomic E-state index is 12.4. The molecule has 1 aromatic heterocycles. The second-order valence-electron chi connectivity index (χ2n) is 6.94. The Hall–Kier alpha value is -2.89. The quantitative estimate of drug-likeness (QED) is 0.851. The zero-order chi connectivity index (χ0) is 19.2. The highest BCUT2D eigenvalue weighted by atomic mass is 16.3. The van der Waals surface area contributed by atoms with Gasteiger partial charge in [-0.05, 0) is 49.9 Å². The molecule has 0 saturated carbocycles. The fraction of sp³-hybridized carbons (Fsp3) is 0.381. The molecule has 1 saturated heterocycles. The molecule has 0 atom stereocenters. The van der Waals surface area contributed by atoms with E-state index < -0.39 is 0 Å². The van der Waals surface area contributed by atoms with Gasteiger partial charge in [0.1, 0.15) is 11.6 Å². The number of hydrogen-bond acceptors (Lipinski definition) is 4. The second-order valence-corrected chi connectivity index (χ2v) is 6.94. The van der Waals surface area contributed by atoms with Crippen molar-refractivity contribution in [2.75, 3.05) is 18.4 Å². The Labute approximate surface area is 159 Å². The Morgan fingerprint density at radius 1 is 1.15 bits per heavy atom. The summed E-state index contributed by atoms with van der Waals surface area (Å²) in [6, 6.07) is 12.6. The molecule has 0 bridgehead atoms. The molecule has 142 valence electrons. The number of benzene rings is 1. The lowest BCUT2D eigenvalue weighted by Crippen LogP contribution is -2.41. The van der Waals surface area contributed by atoms with Gasteiger partial charge in [0, 0.05) is 31.1 Å². The molecule has 0 aliphatic carbocycles. The van der Waals surface area contributed by atoms with Crippen LogP contribution in [0.15, 0.2) is 42.5 Å². The number of carbonyl (C=O) groups excluding carboxylic acids is 2. The van der Waals surface area contributed by atoms with Crippen molar-refractivity contribution in [3.63, 3.8) is 0 Å². The fourth-order valence-corrected chi connectivity index (χ4v) is 3.35. The highest BCUT2D eigenvalue weighted by Crippen LogP contribution is 2.21. The number of aromatic nitrogens is 1. The lowest BCUT2D eigenvalue weighted by atomic mass is 9.95. The molecular weight excluding hydrogens is 342 g/mol. The maximum Gasteiger partial charge on any atom is 0.228 e. The van der Waals surface area contributed by atoms with Crippen molar-refractivity contribution in [3.8, 4) is 5.75 Å². The Morgan fingerprint density at radius 3 is 2.59 bits per heavy atom. The van der Waals surface area contributed by atoms with Crippen LogP contribution >= 0.6 is 0 Å². The minimum Gasteiger partial charge on any atom is -0.508 e. The molecule has 6 nitrogen and oxygen atoms in total. The lowest BCUT2D eigenvalue weighted by Gasteiger charge is -2.31. The van der Waals surface area contributed by atoms with Crippen LogP contribution in [0.4, 0.5) is 5.82 Å². The normalized spacial score (nSPS) is 14.8. The number of carbonyl (C=O) groups is 2. The van der Waals surface area contributed by atoms with Crippen molar-refractivity contribution in [1.29, 1.82) is 0 Å². The van der Waals surface area contributed by atoms with Crippen LogP contribution in [0.2, 0.25) is 0 Å². The van der Waals surface area contributed by atoms with Crippen LogP contribution in [0, 0.1) is 12.8 Å². The number of likely N-dealkylation sites (tertiary alicyclic amines) is 1. The van der Waals surface area contributed by atoms with E-state index in [1.807, 2.05) is 36.1 Å². The molecule has 2 aromatic rings. The monoisotopic (exact) mass is 367 g/mol. The van der Waals surface area contributed by atoms with Crippen LogP contribution in [-0.4, -0.2) is 39.9 Å². The molecule has 2 N–H and O–H groups in total. The van der Waals surface area contributed by atoms with Gasteiger partial charge in [-0.15, -0.1) is 0 Å². The highest BCUT2D eigenvalue weighted by Gasteiger charge is 2.27. The Balaban J connectivity index is 1.46. The molecule has 1 aliphatic rings. The van der Waals surface area contributed by atoms with Crippen molar-refractivity contribution >= 4 is 17.6 Å². The van der Waals surface area contributed by atoms with Gasteiger partial charge < -0.3 is 15.3 Å². The molecule has 2 heterocycles. The maximum absolute atomic E-state index is 12.4. The standard InChI is InChI=1S/C21H25N3O3/c1-15-5-4-8-19(22-15)23-21(27)17-11-13-24(14-12-17)20(26)10-9-16-6-2-3-7-18(16)25/h2-8,17,25H,9-14H2,1H3,(H,22,23,27). The third-order valence-electron chi connectivity index (χ3n) is 4.96. The van der Waals surface area contributed by atoms with Crippen molar-refractivity contribution in [2.45, 2.75) is 32.6 Å². The van der Waals surface area contributed by atoms with Crippen molar-refractivity contribution in [3.05, 3.63) is 53.7 Å². The Morgan fingerprint density at radius 2 is 1.89 bits per heavy atom. The molecule has 0 unspecified atom stereocenters. The van der Waals surface area contributed by atoms with Gasteiger partial charge in [-0.3, -0.25) is 9.59 Å². The fourth-order valence-electron chi connectivity index (χ4n) is 3.35. The van der Waals surface area contributed by atoms with Crippen LogP contribution in [0.5, 0.6) is 5.75 Å². The molecule has 1 fully saturated rings. The molecule has 0 radical (unpaired) electrons. The summed E-state index contributed by atoms with van der Waals surface area (Å²) < 4.78 is 0. The summed E-state index contributed by atoms with van der Waals surface area (Å²) in [5, 5.41) is 12.7. The van der Waals surface area contributed by atoms with Crippen LogP contribution in [0.25, 0.3) is 0 Å². The van der Waals surface area contributed by atoms with E-state index in [9.17, 15) is 14.7 Å². The number of pyridine rings is 1. The zero-order valence-electron chi connectivity index (χ0n) is 15.5. The minimum absolute atomic E-state index is 0.0330. The van der Waals surface area contributed by atoms with E-state index in [0.717, 1.165) is 11.3 Å². The van der Waals surface area contributed by atoms with Gasteiger partial charge in [0.25, 0.3) is 0 Å². The third-order valence-corrected chi connectivity index (χ3v) is 4.96. The number of phenols is 1. The predicted molar refractivity (Wildman–Crippen MR) is 103 cm³/mol. The number of rotatable bonds is 5. The number of aryl methyl sites for hydroxylation is 2. The summed E-state index contributed by atoms with van der Waals surface area (Å²) in [7, 11) is 0. The van der Waals surface area contributed by atoms with Crippen LogP contribution in [0.1, 0.15) is 30.5 Å².